The predicted octanol–water partition coefficient (Wildman–Crippen LogP) is 2.04. The normalized spacial score (nSPS) is 9.64. The van der Waals surface area contributed by atoms with E-state index in [1.807, 2.05) is 6.92 Å². The molecule has 0 heterocycles. The lowest BCUT2D eigenvalue weighted by atomic mass is 10.2. The van der Waals surface area contributed by atoms with Crippen molar-refractivity contribution >= 4 is 11.7 Å². The number of hydrogen-bond acceptors (Lipinski definition) is 3. The van der Waals surface area contributed by atoms with Gasteiger partial charge in [-0.3, -0.25) is 0 Å². The lowest BCUT2D eigenvalue weighted by Gasteiger charge is -2.06. The minimum absolute atomic E-state index is 0.315. The van der Waals surface area contributed by atoms with Crippen LogP contribution in [0, 0.1) is 5.82 Å². The van der Waals surface area contributed by atoms with Crippen LogP contribution in [0.15, 0.2) is 18.2 Å². The van der Waals surface area contributed by atoms with E-state index in [0.717, 1.165) is 0 Å². The van der Waals surface area contributed by atoms with Crippen molar-refractivity contribution < 1.29 is 13.9 Å². The van der Waals surface area contributed by atoms with Crippen LogP contribution in [0.4, 0.5) is 10.1 Å². The Balaban J connectivity index is 2.99. The third-order valence-electron chi connectivity index (χ3n) is 1.75. The molecule has 1 N–H and O–H groups in total. The summed E-state index contributed by atoms with van der Waals surface area (Å²) in [7, 11) is 1.29. The van der Waals surface area contributed by atoms with Crippen molar-refractivity contribution in [2.45, 2.75) is 6.92 Å². The number of nitrogens with one attached hydrogen (secondary N) is 1. The second-order valence-electron chi connectivity index (χ2n) is 2.72. The molecule has 0 aliphatic heterocycles. The van der Waals surface area contributed by atoms with Crippen LogP contribution in [-0.4, -0.2) is 19.6 Å². The van der Waals surface area contributed by atoms with Crippen LogP contribution in [0.3, 0.4) is 0 Å². The van der Waals surface area contributed by atoms with Crippen molar-refractivity contribution in [2.24, 2.45) is 0 Å². The molecule has 0 radical (unpaired) electrons. The highest BCUT2D eigenvalue weighted by Crippen LogP contribution is 2.16. The Hall–Kier alpha value is -1.58. The molecule has 0 fully saturated rings. The summed E-state index contributed by atoms with van der Waals surface area (Å²) in [4.78, 5) is 11.1. The molecular formula is C10H12FNO2. The number of hydrogen-bond donors (Lipinski definition) is 1. The van der Waals surface area contributed by atoms with Crippen molar-refractivity contribution in [1.29, 1.82) is 0 Å². The molecule has 0 amide bonds. The van der Waals surface area contributed by atoms with Crippen LogP contribution in [-0.2, 0) is 4.74 Å². The van der Waals surface area contributed by atoms with Crippen LogP contribution >= 0.6 is 0 Å². The molecule has 1 aromatic carbocycles. The fourth-order valence-electron chi connectivity index (χ4n) is 1.10. The van der Waals surface area contributed by atoms with Gasteiger partial charge >= 0.3 is 5.97 Å². The third-order valence-corrected chi connectivity index (χ3v) is 1.75. The molecule has 0 aromatic heterocycles. The van der Waals surface area contributed by atoms with Crippen LogP contribution in [0.1, 0.15) is 17.3 Å². The Labute approximate surface area is 81.9 Å². The van der Waals surface area contributed by atoms with E-state index in [9.17, 15) is 9.18 Å². The van der Waals surface area contributed by atoms with Gasteiger partial charge in [-0.25, -0.2) is 9.18 Å². The minimum Gasteiger partial charge on any atom is -0.465 e. The fraction of sp³-hybridized carbons (Fsp3) is 0.300. The summed E-state index contributed by atoms with van der Waals surface area (Å²) in [5, 5.41) is 2.81. The first-order chi connectivity index (χ1) is 6.69. The first-order valence-corrected chi connectivity index (χ1v) is 4.30. The van der Waals surface area contributed by atoms with Gasteiger partial charge in [-0.05, 0) is 25.1 Å². The summed E-state index contributed by atoms with van der Waals surface area (Å²) in [5.74, 6) is -0.844. The summed E-state index contributed by atoms with van der Waals surface area (Å²) >= 11 is 0. The number of esters is 1. The van der Waals surface area contributed by atoms with Crippen molar-refractivity contribution in [1.82, 2.24) is 0 Å². The predicted molar refractivity (Wildman–Crippen MR) is 51.9 cm³/mol. The Bertz CT molecular complexity index is 339. The van der Waals surface area contributed by atoms with Crippen LogP contribution in [0.2, 0.25) is 0 Å². The summed E-state index contributed by atoms with van der Waals surface area (Å²) < 4.78 is 17.6. The number of methoxy groups -OCH3 is 1. The molecule has 0 spiro atoms. The van der Waals surface area contributed by atoms with Gasteiger partial charge in [-0.1, -0.05) is 0 Å². The zero-order valence-electron chi connectivity index (χ0n) is 8.13. The highest BCUT2D eigenvalue weighted by atomic mass is 19.1. The Morgan fingerprint density at radius 3 is 2.86 bits per heavy atom. The molecule has 0 unspecified atom stereocenters. The van der Waals surface area contributed by atoms with E-state index in [1.165, 1.54) is 25.3 Å². The van der Waals surface area contributed by atoms with E-state index in [0.29, 0.717) is 17.8 Å². The molecule has 1 aromatic rings. The molecule has 14 heavy (non-hydrogen) atoms. The molecule has 0 aliphatic carbocycles. The van der Waals surface area contributed by atoms with Crippen molar-refractivity contribution in [3.05, 3.63) is 29.6 Å². The van der Waals surface area contributed by atoms with E-state index in [4.69, 9.17) is 0 Å². The van der Waals surface area contributed by atoms with Gasteiger partial charge < -0.3 is 10.1 Å². The highest BCUT2D eigenvalue weighted by molar-refractivity contribution is 5.90. The van der Waals surface area contributed by atoms with Gasteiger partial charge in [0.15, 0.2) is 0 Å². The lowest BCUT2D eigenvalue weighted by molar-refractivity contribution is 0.0601. The molecule has 0 bridgehead atoms. The van der Waals surface area contributed by atoms with Crippen LogP contribution in [0.5, 0.6) is 0 Å². The number of benzene rings is 1. The number of ether oxygens (including phenoxy) is 1. The van der Waals surface area contributed by atoms with Gasteiger partial charge in [-0.2, -0.15) is 0 Å². The van der Waals surface area contributed by atoms with E-state index >= 15 is 0 Å². The number of halogens is 1. The van der Waals surface area contributed by atoms with Crippen LogP contribution < -0.4 is 5.32 Å². The van der Waals surface area contributed by atoms with Gasteiger partial charge in [0, 0.05) is 6.54 Å². The zero-order valence-corrected chi connectivity index (χ0v) is 8.13. The van der Waals surface area contributed by atoms with Gasteiger partial charge in [0.05, 0.1) is 18.4 Å². The maximum absolute atomic E-state index is 13.1. The summed E-state index contributed by atoms with van der Waals surface area (Å²) in [6.45, 7) is 2.45. The Morgan fingerprint density at radius 1 is 1.57 bits per heavy atom. The van der Waals surface area contributed by atoms with Crippen molar-refractivity contribution in [3.63, 3.8) is 0 Å². The molecule has 0 saturated carbocycles. The summed E-state index contributed by atoms with van der Waals surface area (Å²) in [6, 6.07) is 4.07. The largest absolute Gasteiger partial charge is 0.465 e. The average Bonchev–Trinajstić information content (AvgIpc) is 2.20. The highest BCUT2D eigenvalue weighted by Gasteiger charge is 2.08. The Morgan fingerprint density at radius 2 is 2.29 bits per heavy atom. The molecule has 0 aliphatic rings. The summed E-state index contributed by atoms with van der Waals surface area (Å²) in [5.41, 5.74) is 0.653. The first kappa shape index (κ1) is 10.5. The third kappa shape index (κ3) is 2.22. The maximum Gasteiger partial charge on any atom is 0.337 e. The Kier molecular flexibility index (Phi) is 3.45. The summed E-state index contributed by atoms with van der Waals surface area (Å²) in [6.07, 6.45) is 0. The molecule has 0 atom stereocenters. The standard InChI is InChI=1S/C10H12FNO2/c1-3-12-9-6-7(10(13)14-2)4-5-8(9)11/h4-6,12H,3H2,1-2H3. The molecule has 76 valence electrons. The first-order valence-electron chi connectivity index (χ1n) is 4.30. The minimum atomic E-state index is -0.468. The number of carbonyl (C=O) groups is 1. The fourth-order valence-corrected chi connectivity index (χ4v) is 1.10. The maximum atomic E-state index is 13.1. The lowest BCUT2D eigenvalue weighted by Crippen LogP contribution is -2.05. The zero-order chi connectivity index (χ0) is 10.6. The van der Waals surface area contributed by atoms with E-state index in [1.54, 1.807) is 0 Å². The SMILES string of the molecule is CCNc1cc(C(=O)OC)ccc1F. The number of anilines is 1. The molecule has 1 rings (SSSR count). The number of rotatable bonds is 3. The van der Waals surface area contributed by atoms with E-state index in [-0.39, 0.29) is 5.82 Å². The van der Waals surface area contributed by atoms with E-state index in [2.05, 4.69) is 10.1 Å². The van der Waals surface area contributed by atoms with Crippen molar-refractivity contribution in [2.75, 3.05) is 19.0 Å². The smallest absolute Gasteiger partial charge is 0.337 e. The van der Waals surface area contributed by atoms with Gasteiger partial charge in [0.1, 0.15) is 5.82 Å². The number of carbonyl (C=O) groups excluding carboxylic acids is 1. The molecule has 0 saturated heterocycles. The molecule has 3 nitrogen and oxygen atoms in total. The quantitative estimate of drug-likeness (QED) is 0.753. The average molecular weight is 197 g/mol. The second kappa shape index (κ2) is 4.60. The van der Waals surface area contributed by atoms with Gasteiger partial charge in [0.2, 0.25) is 0 Å². The second-order valence-corrected chi connectivity index (χ2v) is 2.72. The van der Waals surface area contributed by atoms with E-state index < -0.39 is 5.97 Å². The topological polar surface area (TPSA) is 38.3 Å². The van der Waals surface area contributed by atoms with Crippen molar-refractivity contribution in [3.8, 4) is 0 Å². The monoisotopic (exact) mass is 197 g/mol. The molecular weight excluding hydrogens is 185 g/mol. The van der Waals surface area contributed by atoms with Gasteiger partial charge in [0.25, 0.3) is 0 Å². The van der Waals surface area contributed by atoms with Gasteiger partial charge in [-0.15, -0.1) is 0 Å². The van der Waals surface area contributed by atoms with Crippen LogP contribution in [0.25, 0.3) is 0 Å². The molecule has 4 heteroatoms.